The van der Waals surface area contributed by atoms with Crippen LogP contribution >= 0.6 is 0 Å². The normalized spacial score (nSPS) is 11.6. The maximum Gasteiger partial charge on any atom is 0.370 e. The van der Waals surface area contributed by atoms with Crippen molar-refractivity contribution in [3.63, 3.8) is 0 Å². The maximum atomic E-state index is 11.0. The Bertz CT molecular complexity index is 1090. The number of nitrogens with one attached hydrogen (secondary N) is 1. The van der Waals surface area contributed by atoms with E-state index in [1.165, 1.54) is 21.9 Å². The van der Waals surface area contributed by atoms with Gasteiger partial charge in [-0.05, 0) is 36.4 Å². The molecule has 4 nitrogen and oxygen atoms in total. The van der Waals surface area contributed by atoms with E-state index in [-0.39, 0.29) is 6.54 Å². The Labute approximate surface area is 133 Å². The van der Waals surface area contributed by atoms with E-state index in [4.69, 9.17) is 5.11 Å². The second-order valence-corrected chi connectivity index (χ2v) is 6.01. The Morgan fingerprint density at radius 1 is 1.09 bits per heavy atom. The van der Waals surface area contributed by atoms with Gasteiger partial charge in [0.05, 0.1) is 5.52 Å². The molecule has 0 atom stereocenters. The van der Waals surface area contributed by atoms with Crippen LogP contribution in [0.5, 0.6) is 0 Å². The molecule has 0 aliphatic carbocycles. The summed E-state index contributed by atoms with van der Waals surface area (Å²) in [5.41, 5.74) is 4.66. The van der Waals surface area contributed by atoms with Gasteiger partial charge in [0.15, 0.2) is 12.4 Å². The lowest BCUT2D eigenvalue weighted by Crippen LogP contribution is -2.37. The van der Waals surface area contributed by atoms with E-state index in [1.54, 1.807) is 4.57 Å². The Hall–Kier alpha value is -2.88. The molecule has 0 aliphatic heterocycles. The van der Waals surface area contributed by atoms with Gasteiger partial charge in [0.25, 0.3) is 0 Å². The number of pyridine rings is 1. The van der Waals surface area contributed by atoms with E-state index in [9.17, 15) is 4.79 Å². The SMILES string of the molecule is Cc1c2cc[n+](CC(=O)O)cc2c(C)c2c1[nH]c1ccccc12. The fraction of sp³-hybridized carbons (Fsp3) is 0.158. The van der Waals surface area contributed by atoms with Crippen molar-refractivity contribution in [1.29, 1.82) is 0 Å². The van der Waals surface area contributed by atoms with Gasteiger partial charge in [-0.1, -0.05) is 18.2 Å². The van der Waals surface area contributed by atoms with Crippen LogP contribution in [-0.2, 0) is 11.3 Å². The van der Waals surface area contributed by atoms with Crippen molar-refractivity contribution in [2.45, 2.75) is 20.4 Å². The standard InChI is InChI=1S/C19H16N2O2/c1-11-15-9-21(10-17(22)23)8-7-13(15)12(2)19-18(11)14-5-3-4-6-16(14)20-19/h3-9H,10H2,1-2H3,(H,22,23)/p+1. The summed E-state index contributed by atoms with van der Waals surface area (Å²) in [6.45, 7) is 4.19. The first-order valence-electron chi connectivity index (χ1n) is 7.60. The van der Waals surface area contributed by atoms with Crippen LogP contribution in [0.3, 0.4) is 0 Å². The minimum Gasteiger partial charge on any atom is -0.477 e. The van der Waals surface area contributed by atoms with Crippen LogP contribution in [0.25, 0.3) is 32.6 Å². The van der Waals surface area contributed by atoms with E-state index < -0.39 is 5.97 Å². The topological polar surface area (TPSA) is 57.0 Å². The highest BCUT2D eigenvalue weighted by molar-refractivity contribution is 6.16. The number of hydrogen-bond donors (Lipinski definition) is 2. The smallest absolute Gasteiger partial charge is 0.370 e. The highest BCUT2D eigenvalue weighted by atomic mass is 16.4. The number of carboxylic acid groups (broad SMARTS) is 1. The predicted octanol–water partition coefficient (Wildman–Crippen LogP) is 3.46. The average Bonchev–Trinajstić information content (AvgIpc) is 2.92. The van der Waals surface area contributed by atoms with E-state index >= 15 is 0 Å². The summed E-state index contributed by atoms with van der Waals surface area (Å²) in [6.07, 6.45) is 3.77. The number of benzene rings is 2. The molecule has 0 saturated carbocycles. The lowest BCUT2D eigenvalue weighted by atomic mass is 9.97. The number of H-pyrrole nitrogens is 1. The first kappa shape index (κ1) is 13.8. The van der Waals surface area contributed by atoms with E-state index in [0.717, 1.165) is 21.8 Å². The third-order valence-corrected chi connectivity index (χ3v) is 4.60. The molecule has 4 rings (SSSR count). The monoisotopic (exact) mass is 305 g/mol. The zero-order chi connectivity index (χ0) is 16.1. The number of fused-ring (bicyclic) bond motifs is 4. The van der Waals surface area contributed by atoms with Crippen LogP contribution in [0.4, 0.5) is 0 Å². The third-order valence-electron chi connectivity index (χ3n) is 4.60. The number of nitrogens with zero attached hydrogens (tertiary/aromatic N) is 1. The molecule has 0 aliphatic rings. The lowest BCUT2D eigenvalue weighted by Gasteiger charge is -2.08. The summed E-state index contributed by atoms with van der Waals surface area (Å²) in [6, 6.07) is 10.3. The Morgan fingerprint density at radius 2 is 1.87 bits per heavy atom. The second kappa shape index (κ2) is 4.81. The fourth-order valence-electron chi connectivity index (χ4n) is 3.50. The molecular formula is C19H17N2O2+. The van der Waals surface area contributed by atoms with Crippen LogP contribution in [0, 0.1) is 13.8 Å². The molecule has 2 aromatic heterocycles. The van der Waals surface area contributed by atoms with Crippen LogP contribution < -0.4 is 4.57 Å². The number of rotatable bonds is 2. The zero-order valence-corrected chi connectivity index (χ0v) is 13.1. The number of hydrogen-bond acceptors (Lipinski definition) is 1. The first-order chi connectivity index (χ1) is 11.1. The number of carbonyl (C=O) groups is 1. The maximum absolute atomic E-state index is 11.0. The van der Waals surface area contributed by atoms with Crippen molar-refractivity contribution in [2.24, 2.45) is 0 Å². The molecule has 23 heavy (non-hydrogen) atoms. The Morgan fingerprint density at radius 3 is 2.65 bits per heavy atom. The van der Waals surface area contributed by atoms with Gasteiger partial charge in [-0.25, -0.2) is 4.79 Å². The molecule has 0 saturated heterocycles. The van der Waals surface area contributed by atoms with Crippen LogP contribution in [-0.4, -0.2) is 16.1 Å². The highest BCUT2D eigenvalue weighted by Gasteiger charge is 2.17. The largest absolute Gasteiger partial charge is 0.477 e. The fourth-order valence-corrected chi connectivity index (χ4v) is 3.50. The van der Waals surface area contributed by atoms with Crippen molar-refractivity contribution >= 4 is 38.5 Å². The molecule has 2 aromatic carbocycles. The Kier molecular flexibility index (Phi) is 2.88. The molecular weight excluding hydrogens is 288 g/mol. The van der Waals surface area contributed by atoms with Gasteiger partial charge in [0.2, 0.25) is 6.54 Å². The van der Waals surface area contributed by atoms with Crippen molar-refractivity contribution in [2.75, 3.05) is 0 Å². The van der Waals surface area contributed by atoms with Gasteiger partial charge in [-0.2, -0.15) is 4.57 Å². The van der Waals surface area contributed by atoms with Gasteiger partial charge >= 0.3 is 5.97 Å². The number of aromatic amines is 1. The number of aliphatic carboxylic acids is 1. The molecule has 0 bridgehead atoms. The Balaban J connectivity index is 2.15. The number of carboxylic acids is 1. The molecule has 2 heterocycles. The molecule has 0 unspecified atom stereocenters. The predicted molar refractivity (Wildman–Crippen MR) is 90.6 cm³/mol. The molecule has 0 fully saturated rings. The van der Waals surface area contributed by atoms with Crippen LogP contribution in [0.2, 0.25) is 0 Å². The summed E-state index contributed by atoms with van der Waals surface area (Å²) in [5, 5.41) is 13.7. The van der Waals surface area contributed by atoms with E-state index in [1.807, 2.05) is 30.6 Å². The number of aromatic nitrogens is 2. The summed E-state index contributed by atoms with van der Waals surface area (Å²) in [4.78, 5) is 14.5. The van der Waals surface area contributed by atoms with Gasteiger partial charge in [-0.15, -0.1) is 0 Å². The van der Waals surface area contributed by atoms with Crippen molar-refractivity contribution in [3.8, 4) is 0 Å². The van der Waals surface area contributed by atoms with Crippen molar-refractivity contribution < 1.29 is 14.5 Å². The van der Waals surface area contributed by atoms with Crippen LogP contribution in [0.1, 0.15) is 11.1 Å². The van der Waals surface area contributed by atoms with Crippen molar-refractivity contribution in [3.05, 3.63) is 53.9 Å². The van der Waals surface area contributed by atoms with Gasteiger partial charge in [-0.3, -0.25) is 0 Å². The lowest BCUT2D eigenvalue weighted by molar-refractivity contribution is -0.684. The molecule has 0 radical (unpaired) electrons. The average molecular weight is 305 g/mol. The van der Waals surface area contributed by atoms with Crippen molar-refractivity contribution in [1.82, 2.24) is 4.98 Å². The van der Waals surface area contributed by atoms with Gasteiger partial charge in [0.1, 0.15) is 0 Å². The van der Waals surface area contributed by atoms with Gasteiger partial charge in [0, 0.05) is 27.7 Å². The first-order valence-corrected chi connectivity index (χ1v) is 7.60. The second-order valence-electron chi connectivity index (χ2n) is 6.01. The summed E-state index contributed by atoms with van der Waals surface area (Å²) >= 11 is 0. The zero-order valence-electron chi connectivity index (χ0n) is 13.1. The molecule has 0 amide bonds. The quantitative estimate of drug-likeness (QED) is 0.557. The molecule has 4 aromatic rings. The number of aryl methyl sites for hydroxylation is 2. The van der Waals surface area contributed by atoms with E-state index in [0.29, 0.717) is 0 Å². The summed E-state index contributed by atoms with van der Waals surface area (Å²) < 4.78 is 1.72. The van der Waals surface area contributed by atoms with Gasteiger partial charge < -0.3 is 10.1 Å². The summed E-state index contributed by atoms with van der Waals surface area (Å²) in [5.74, 6) is -0.836. The minimum atomic E-state index is -0.836. The van der Waals surface area contributed by atoms with Crippen LogP contribution in [0.15, 0.2) is 42.7 Å². The highest BCUT2D eigenvalue weighted by Crippen LogP contribution is 2.35. The molecule has 4 heteroatoms. The number of para-hydroxylation sites is 1. The molecule has 0 spiro atoms. The summed E-state index contributed by atoms with van der Waals surface area (Å²) in [7, 11) is 0. The molecule has 2 N–H and O–H groups in total. The molecule has 114 valence electrons. The van der Waals surface area contributed by atoms with E-state index in [2.05, 4.69) is 31.0 Å². The third kappa shape index (κ3) is 1.99. The minimum absolute atomic E-state index is 0.0274.